The van der Waals surface area contributed by atoms with E-state index >= 15 is 0 Å². The molecule has 0 unspecified atom stereocenters. The van der Waals surface area contributed by atoms with Crippen LogP contribution in [0.2, 0.25) is 10.0 Å². The number of hydrogen-bond acceptors (Lipinski definition) is 3. The quantitative estimate of drug-likeness (QED) is 0.689. The molecule has 19 heavy (non-hydrogen) atoms. The van der Waals surface area contributed by atoms with Gasteiger partial charge in [-0.1, -0.05) is 41.4 Å². The highest BCUT2D eigenvalue weighted by Gasteiger charge is 2.10. The minimum atomic E-state index is -0.492. The van der Waals surface area contributed by atoms with E-state index in [1.54, 1.807) is 18.2 Å². The van der Waals surface area contributed by atoms with Crippen LogP contribution < -0.4 is 5.73 Å². The second-order valence-electron chi connectivity index (χ2n) is 3.94. The van der Waals surface area contributed by atoms with Crippen LogP contribution in [0.15, 0.2) is 42.5 Å². The number of hydrogen-bond donors (Lipinski definition) is 1. The van der Waals surface area contributed by atoms with E-state index in [-0.39, 0.29) is 6.61 Å². The summed E-state index contributed by atoms with van der Waals surface area (Å²) in [5.74, 6) is -0.492. The monoisotopic (exact) mass is 295 g/mol. The molecule has 2 aromatic rings. The van der Waals surface area contributed by atoms with Crippen LogP contribution in [-0.4, -0.2) is 5.97 Å². The normalized spacial score (nSPS) is 10.2. The number of benzene rings is 2. The lowest BCUT2D eigenvalue weighted by atomic mass is 10.2. The molecular weight excluding hydrogens is 285 g/mol. The van der Waals surface area contributed by atoms with Gasteiger partial charge >= 0.3 is 5.97 Å². The predicted molar refractivity (Wildman–Crippen MR) is 76.4 cm³/mol. The summed E-state index contributed by atoms with van der Waals surface area (Å²) in [5.41, 5.74) is 7.09. The number of esters is 1. The van der Waals surface area contributed by atoms with Crippen molar-refractivity contribution in [3.8, 4) is 0 Å². The fourth-order valence-electron chi connectivity index (χ4n) is 1.57. The van der Waals surface area contributed by atoms with Crippen LogP contribution in [0.5, 0.6) is 0 Å². The van der Waals surface area contributed by atoms with Crippen molar-refractivity contribution >= 4 is 34.9 Å². The second kappa shape index (κ2) is 5.95. The highest BCUT2D eigenvalue weighted by atomic mass is 35.5. The lowest BCUT2D eigenvalue weighted by Crippen LogP contribution is -2.06. The third-order valence-electron chi connectivity index (χ3n) is 2.47. The van der Waals surface area contributed by atoms with Gasteiger partial charge in [0.1, 0.15) is 6.61 Å². The number of anilines is 1. The number of nitrogens with two attached hydrogens (primary N) is 1. The maximum Gasteiger partial charge on any atom is 0.338 e. The molecule has 98 valence electrons. The first kappa shape index (κ1) is 13.7. The van der Waals surface area contributed by atoms with E-state index in [0.717, 1.165) is 5.56 Å². The Balaban J connectivity index is 2.08. The van der Waals surface area contributed by atoms with Gasteiger partial charge in [0, 0.05) is 21.3 Å². The third kappa shape index (κ3) is 3.63. The van der Waals surface area contributed by atoms with E-state index in [1.165, 1.54) is 12.1 Å². The van der Waals surface area contributed by atoms with Crippen LogP contribution in [0.4, 0.5) is 5.69 Å². The van der Waals surface area contributed by atoms with E-state index in [0.29, 0.717) is 21.3 Å². The summed E-state index contributed by atoms with van der Waals surface area (Å²) in [6, 6.07) is 11.8. The van der Waals surface area contributed by atoms with Gasteiger partial charge < -0.3 is 10.5 Å². The molecule has 2 N–H and O–H groups in total. The highest BCUT2D eigenvalue weighted by molar-refractivity contribution is 6.31. The summed E-state index contributed by atoms with van der Waals surface area (Å²) in [5, 5.41) is 0.950. The number of nitrogen functional groups attached to an aromatic ring is 1. The molecule has 2 rings (SSSR count). The first-order valence-corrected chi connectivity index (χ1v) is 6.28. The van der Waals surface area contributed by atoms with Crippen LogP contribution in [0.3, 0.4) is 0 Å². The molecule has 0 aliphatic carbocycles. The van der Waals surface area contributed by atoms with E-state index in [1.807, 2.05) is 12.1 Å². The number of carbonyl (C=O) groups excluding carboxylic acids is 1. The topological polar surface area (TPSA) is 52.3 Å². The zero-order valence-electron chi connectivity index (χ0n) is 9.90. The van der Waals surface area contributed by atoms with Crippen molar-refractivity contribution in [1.29, 1.82) is 0 Å². The summed E-state index contributed by atoms with van der Waals surface area (Å²) in [6.45, 7) is 0.102. The fraction of sp³-hybridized carbons (Fsp3) is 0.0714. The van der Waals surface area contributed by atoms with Gasteiger partial charge in [-0.15, -0.1) is 0 Å². The molecule has 0 fully saturated rings. The Hall–Kier alpha value is -1.71. The Kier molecular flexibility index (Phi) is 4.30. The van der Waals surface area contributed by atoms with E-state index in [2.05, 4.69) is 0 Å². The summed E-state index contributed by atoms with van der Waals surface area (Å²) in [7, 11) is 0. The van der Waals surface area contributed by atoms with Gasteiger partial charge in [0.05, 0.1) is 5.56 Å². The Labute approximate surface area is 120 Å². The minimum Gasteiger partial charge on any atom is -0.457 e. The number of rotatable bonds is 3. The van der Waals surface area contributed by atoms with Gasteiger partial charge in [-0.05, 0) is 24.3 Å². The van der Waals surface area contributed by atoms with E-state index < -0.39 is 5.97 Å². The van der Waals surface area contributed by atoms with Gasteiger partial charge in [-0.2, -0.15) is 0 Å². The van der Waals surface area contributed by atoms with Gasteiger partial charge in [-0.3, -0.25) is 0 Å². The molecule has 0 aliphatic heterocycles. The zero-order valence-corrected chi connectivity index (χ0v) is 11.4. The summed E-state index contributed by atoms with van der Waals surface area (Å²) < 4.78 is 5.17. The molecule has 0 heterocycles. The van der Waals surface area contributed by atoms with Crippen LogP contribution in [-0.2, 0) is 11.3 Å². The summed E-state index contributed by atoms with van der Waals surface area (Å²) >= 11 is 11.8. The summed E-state index contributed by atoms with van der Waals surface area (Å²) in [4.78, 5) is 11.9. The Bertz CT molecular complexity index is 594. The molecule has 3 nitrogen and oxygen atoms in total. The van der Waals surface area contributed by atoms with Gasteiger partial charge in [0.15, 0.2) is 0 Å². The highest BCUT2D eigenvalue weighted by Crippen LogP contribution is 2.19. The zero-order chi connectivity index (χ0) is 13.8. The van der Waals surface area contributed by atoms with Crippen LogP contribution in [0.25, 0.3) is 0 Å². The molecule has 0 amide bonds. The SMILES string of the molecule is Nc1cc(Cl)cc(C(=O)OCc2ccccc2Cl)c1. The van der Waals surface area contributed by atoms with Crippen molar-refractivity contribution < 1.29 is 9.53 Å². The van der Waals surface area contributed by atoms with Crippen molar-refractivity contribution in [2.24, 2.45) is 0 Å². The lowest BCUT2D eigenvalue weighted by Gasteiger charge is -2.07. The van der Waals surface area contributed by atoms with Gasteiger partial charge in [0.2, 0.25) is 0 Å². The molecule has 0 spiro atoms. The van der Waals surface area contributed by atoms with Crippen LogP contribution in [0.1, 0.15) is 15.9 Å². The molecule has 0 aliphatic rings. The summed E-state index contributed by atoms with van der Waals surface area (Å²) in [6.07, 6.45) is 0. The molecule has 5 heteroatoms. The molecule has 2 aromatic carbocycles. The molecular formula is C14H11Cl2NO2. The largest absolute Gasteiger partial charge is 0.457 e. The molecule has 0 atom stereocenters. The fourth-order valence-corrected chi connectivity index (χ4v) is 2.01. The minimum absolute atomic E-state index is 0.102. The average molecular weight is 296 g/mol. The van der Waals surface area contributed by atoms with Crippen LogP contribution in [0, 0.1) is 0 Å². The third-order valence-corrected chi connectivity index (χ3v) is 3.06. The lowest BCUT2D eigenvalue weighted by molar-refractivity contribution is 0.0473. The average Bonchev–Trinajstić information content (AvgIpc) is 2.36. The van der Waals surface area contributed by atoms with Gasteiger partial charge in [-0.25, -0.2) is 4.79 Å². The first-order chi connectivity index (χ1) is 9.06. The van der Waals surface area contributed by atoms with E-state index in [9.17, 15) is 4.79 Å². The predicted octanol–water partition coefficient (Wildman–Crippen LogP) is 3.93. The van der Waals surface area contributed by atoms with Crippen molar-refractivity contribution in [3.63, 3.8) is 0 Å². The van der Waals surface area contributed by atoms with Crippen LogP contribution >= 0.6 is 23.2 Å². The maximum atomic E-state index is 11.9. The molecule has 0 bridgehead atoms. The molecule has 0 saturated carbocycles. The number of carbonyl (C=O) groups is 1. The number of halogens is 2. The Morgan fingerprint density at radius 1 is 1.16 bits per heavy atom. The van der Waals surface area contributed by atoms with Crippen molar-refractivity contribution in [2.45, 2.75) is 6.61 Å². The van der Waals surface area contributed by atoms with Crippen molar-refractivity contribution in [3.05, 3.63) is 63.6 Å². The molecule has 0 radical (unpaired) electrons. The smallest absolute Gasteiger partial charge is 0.338 e. The second-order valence-corrected chi connectivity index (χ2v) is 4.78. The Morgan fingerprint density at radius 3 is 2.58 bits per heavy atom. The Morgan fingerprint density at radius 2 is 1.89 bits per heavy atom. The van der Waals surface area contributed by atoms with Crippen molar-refractivity contribution in [1.82, 2.24) is 0 Å². The number of ether oxygens (including phenoxy) is 1. The van der Waals surface area contributed by atoms with Gasteiger partial charge in [0.25, 0.3) is 0 Å². The maximum absolute atomic E-state index is 11.9. The molecule has 0 saturated heterocycles. The molecule has 0 aromatic heterocycles. The standard InChI is InChI=1S/C14H11Cl2NO2/c15-11-5-10(6-12(17)7-11)14(18)19-8-9-3-1-2-4-13(9)16/h1-7H,8,17H2. The first-order valence-electron chi connectivity index (χ1n) is 5.53. The van der Waals surface area contributed by atoms with E-state index in [4.69, 9.17) is 33.7 Å². The van der Waals surface area contributed by atoms with Crippen molar-refractivity contribution in [2.75, 3.05) is 5.73 Å².